The molecule has 1 aromatic heterocycles. The average Bonchev–Trinajstić information content (AvgIpc) is 2.74. The number of fused-ring (bicyclic) bond motifs is 1. The van der Waals surface area contributed by atoms with Gasteiger partial charge in [0.2, 0.25) is 0 Å². The molecule has 0 radical (unpaired) electrons. The highest BCUT2D eigenvalue weighted by Gasteiger charge is 2.11. The van der Waals surface area contributed by atoms with Gasteiger partial charge in [0.1, 0.15) is 5.82 Å². The molecule has 142 valence electrons. The Balaban J connectivity index is 1.83. The molecule has 0 N–H and O–H groups in total. The van der Waals surface area contributed by atoms with Crippen molar-refractivity contribution in [3.63, 3.8) is 0 Å². The third-order valence-corrected chi connectivity index (χ3v) is 5.31. The van der Waals surface area contributed by atoms with Gasteiger partial charge in [-0.25, -0.2) is 4.98 Å². The second-order valence-corrected chi connectivity index (χ2v) is 8.06. The van der Waals surface area contributed by atoms with Crippen molar-refractivity contribution in [2.24, 2.45) is 0 Å². The summed E-state index contributed by atoms with van der Waals surface area (Å²) >= 11 is 8.23. The molecule has 29 heavy (non-hydrogen) atoms. The lowest BCUT2D eigenvalue weighted by atomic mass is 10.2. The van der Waals surface area contributed by atoms with Crippen molar-refractivity contribution in [1.82, 2.24) is 9.55 Å². The number of nitrogens with zero attached hydrogens (tertiary/aromatic N) is 2. The molecule has 0 amide bonds. The van der Waals surface area contributed by atoms with Crippen LogP contribution in [-0.2, 0) is 0 Å². The molecule has 0 aliphatic heterocycles. The highest BCUT2D eigenvalue weighted by Crippen LogP contribution is 2.18. The van der Waals surface area contributed by atoms with Gasteiger partial charge in [0.15, 0.2) is 0 Å². The molecule has 1 heterocycles. The van der Waals surface area contributed by atoms with Crippen molar-refractivity contribution in [1.29, 1.82) is 0 Å². The lowest BCUT2D eigenvalue weighted by Gasteiger charge is -2.11. The molecule has 0 saturated carbocycles. The summed E-state index contributed by atoms with van der Waals surface area (Å²) in [5.41, 5.74) is 2.39. The molecular weight excluding hydrogens is 495 g/mol. The molecule has 5 heteroatoms. The molecule has 0 aliphatic carbocycles. The van der Waals surface area contributed by atoms with Crippen LogP contribution >= 0.6 is 34.2 Å². The molecule has 0 spiro atoms. The first-order valence-corrected chi connectivity index (χ1v) is 10.5. The third-order valence-electron chi connectivity index (χ3n) is 4.39. The Kier molecular flexibility index (Phi) is 5.92. The van der Waals surface area contributed by atoms with E-state index in [2.05, 4.69) is 22.6 Å². The summed E-state index contributed by atoms with van der Waals surface area (Å²) in [6.07, 6.45) is 7.67. The van der Waals surface area contributed by atoms with Crippen LogP contribution in [0.3, 0.4) is 0 Å². The Morgan fingerprint density at radius 3 is 2.38 bits per heavy atom. The topological polar surface area (TPSA) is 34.9 Å². The fourth-order valence-corrected chi connectivity index (χ4v) is 3.62. The van der Waals surface area contributed by atoms with Crippen molar-refractivity contribution in [3.8, 4) is 5.69 Å². The van der Waals surface area contributed by atoms with Gasteiger partial charge in [-0.05, 0) is 76.7 Å². The average molecular weight is 511 g/mol. The molecule has 0 fully saturated rings. The van der Waals surface area contributed by atoms with Gasteiger partial charge in [-0.3, -0.25) is 9.36 Å². The second-order valence-electron chi connectivity index (χ2n) is 6.38. The Morgan fingerprint density at radius 1 is 0.897 bits per heavy atom. The van der Waals surface area contributed by atoms with Crippen molar-refractivity contribution in [2.45, 2.75) is 0 Å². The van der Waals surface area contributed by atoms with E-state index in [9.17, 15) is 4.79 Å². The van der Waals surface area contributed by atoms with Gasteiger partial charge in [0, 0.05) is 8.59 Å². The van der Waals surface area contributed by atoms with E-state index in [4.69, 9.17) is 16.6 Å². The summed E-state index contributed by atoms with van der Waals surface area (Å²) < 4.78 is 2.60. The monoisotopic (exact) mass is 510 g/mol. The smallest absolute Gasteiger partial charge is 0.266 e. The summed E-state index contributed by atoms with van der Waals surface area (Å²) in [7, 11) is 0. The number of rotatable bonds is 4. The summed E-state index contributed by atoms with van der Waals surface area (Å²) in [6.45, 7) is 0. The number of allylic oxidation sites excluding steroid dienone is 2. The van der Waals surface area contributed by atoms with Gasteiger partial charge in [-0.2, -0.15) is 0 Å². The quantitative estimate of drug-likeness (QED) is 0.236. The van der Waals surface area contributed by atoms with Crippen molar-refractivity contribution < 1.29 is 0 Å². The maximum atomic E-state index is 13.3. The van der Waals surface area contributed by atoms with E-state index in [-0.39, 0.29) is 5.56 Å². The zero-order chi connectivity index (χ0) is 20.2. The maximum Gasteiger partial charge on any atom is 0.266 e. The Bertz CT molecular complexity index is 1280. The number of hydrogen-bond donors (Lipinski definition) is 0. The predicted octanol–water partition coefficient (Wildman–Crippen LogP) is 6.37. The Hall–Kier alpha value is -2.70. The summed E-state index contributed by atoms with van der Waals surface area (Å²) in [4.78, 5) is 18.0. The van der Waals surface area contributed by atoms with Crippen LogP contribution in [-0.4, -0.2) is 9.55 Å². The second kappa shape index (κ2) is 8.76. The molecule has 0 bridgehead atoms. The summed E-state index contributed by atoms with van der Waals surface area (Å²) in [5.74, 6) is 0.559. The molecule has 0 aliphatic rings. The van der Waals surface area contributed by atoms with Gasteiger partial charge in [0.25, 0.3) is 5.56 Å². The first kappa shape index (κ1) is 19.6. The maximum absolute atomic E-state index is 13.3. The number of aromatic nitrogens is 2. The molecule has 4 rings (SSSR count). The molecule has 0 unspecified atom stereocenters. The summed E-state index contributed by atoms with van der Waals surface area (Å²) in [5, 5.41) is 1.21. The zero-order valence-corrected chi connectivity index (χ0v) is 18.2. The van der Waals surface area contributed by atoms with Crippen LogP contribution in [0.1, 0.15) is 11.4 Å². The van der Waals surface area contributed by atoms with Gasteiger partial charge < -0.3 is 0 Å². The van der Waals surface area contributed by atoms with Gasteiger partial charge in [0.05, 0.1) is 16.6 Å². The minimum atomic E-state index is -0.109. The standard InChI is InChI=1S/C24H16ClIN2O/c25-18-10-13-20(14-11-18)28-23(9-5-4-8-17-6-2-1-3-7-17)27-22-15-12-19(26)16-21(22)24(28)29/h1-16H/b8-4+,9-5+. The van der Waals surface area contributed by atoms with Gasteiger partial charge in [-0.15, -0.1) is 0 Å². The van der Waals surface area contributed by atoms with E-state index in [0.29, 0.717) is 21.7 Å². The molecule has 3 aromatic carbocycles. The minimum Gasteiger partial charge on any atom is -0.268 e. The van der Waals surface area contributed by atoms with Crippen molar-refractivity contribution in [2.75, 3.05) is 0 Å². The van der Waals surface area contributed by atoms with Crippen molar-refractivity contribution >= 4 is 57.2 Å². The largest absolute Gasteiger partial charge is 0.268 e. The fraction of sp³-hybridized carbons (Fsp3) is 0. The minimum absolute atomic E-state index is 0.109. The normalized spacial score (nSPS) is 11.7. The fourth-order valence-electron chi connectivity index (χ4n) is 3.00. The van der Waals surface area contributed by atoms with Crippen LogP contribution in [0.25, 0.3) is 28.7 Å². The van der Waals surface area contributed by atoms with Crippen LogP contribution in [0, 0.1) is 3.57 Å². The van der Waals surface area contributed by atoms with E-state index in [1.807, 2.05) is 85.0 Å². The molecule has 3 nitrogen and oxygen atoms in total. The van der Waals surface area contributed by atoms with Crippen LogP contribution in [0.5, 0.6) is 0 Å². The number of hydrogen-bond acceptors (Lipinski definition) is 2. The molecular formula is C24H16ClIN2O. The Labute approximate surface area is 187 Å². The number of halogens is 2. The van der Waals surface area contributed by atoms with Crippen LogP contribution < -0.4 is 5.56 Å². The van der Waals surface area contributed by atoms with Gasteiger partial charge >= 0.3 is 0 Å². The molecule has 0 saturated heterocycles. The zero-order valence-electron chi connectivity index (χ0n) is 15.3. The van der Waals surface area contributed by atoms with E-state index in [0.717, 1.165) is 14.8 Å². The van der Waals surface area contributed by atoms with Crippen LogP contribution in [0.4, 0.5) is 0 Å². The summed E-state index contributed by atoms with van der Waals surface area (Å²) in [6, 6.07) is 22.9. The van der Waals surface area contributed by atoms with E-state index < -0.39 is 0 Å². The molecule has 0 atom stereocenters. The van der Waals surface area contributed by atoms with Crippen molar-refractivity contribution in [3.05, 3.63) is 115 Å². The van der Waals surface area contributed by atoms with Crippen LogP contribution in [0.2, 0.25) is 5.02 Å². The first-order valence-electron chi connectivity index (χ1n) is 9.00. The lowest BCUT2D eigenvalue weighted by molar-refractivity contribution is 0.943. The van der Waals surface area contributed by atoms with Crippen LogP contribution in [0.15, 0.2) is 89.7 Å². The van der Waals surface area contributed by atoms with Gasteiger partial charge in [-0.1, -0.05) is 60.2 Å². The van der Waals surface area contributed by atoms with E-state index in [1.165, 1.54) is 0 Å². The lowest BCUT2D eigenvalue weighted by Crippen LogP contribution is -2.22. The highest BCUT2D eigenvalue weighted by molar-refractivity contribution is 14.1. The number of benzene rings is 3. The Morgan fingerprint density at radius 2 is 1.62 bits per heavy atom. The molecule has 4 aromatic rings. The first-order chi connectivity index (χ1) is 14.1. The predicted molar refractivity (Wildman–Crippen MR) is 130 cm³/mol. The SMILES string of the molecule is O=c1c2cc(I)ccc2nc(/C=C/C=C/c2ccccc2)n1-c1ccc(Cl)cc1. The highest BCUT2D eigenvalue weighted by atomic mass is 127. The van der Waals surface area contributed by atoms with E-state index >= 15 is 0 Å². The third kappa shape index (κ3) is 4.49. The van der Waals surface area contributed by atoms with E-state index in [1.54, 1.807) is 16.7 Å².